The third kappa shape index (κ3) is 5.36. The molecule has 0 heterocycles. The van der Waals surface area contributed by atoms with E-state index in [1.165, 1.54) is 0 Å². The maximum Gasteiger partial charge on any atom is 0.303 e. The molecule has 0 aromatic rings. The minimum atomic E-state index is -0.843. The van der Waals surface area contributed by atoms with E-state index >= 15 is 0 Å². The summed E-state index contributed by atoms with van der Waals surface area (Å²) in [6.07, 6.45) is 1.01. The topological polar surface area (TPSA) is 80.4 Å². The summed E-state index contributed by atoms with van der Waals surface area (Å²) in [7, 11) is 0. The van der Waals surface area contributed by atoms with Gasteiger partial charge in [-0.1, -0.05) is 13.8 Å². The molecule has 0 unspecified atom stereocenters. The molecule has 0 aromatic heterocycles. The molecule has 0 amide bonds. The van der Waals surface area contributed by atoms with Gasteiger partial charge in [0.15, 0.2) is 5.78 Å². The Kier molecular flexibility index (Phi) is 5.30. The van der Waals surface area contributed by atoms with Crippen molar-refractivity contribution in [3.63, 3.8) is 0 Å². The van der Waals surface area contributed by atoms with Gasteiger partial charge in [-0.05, 0) is 12.8 Å². The second-order valence-electron chi connectivity index (χ2n) is 3.45. The lowest BCUT2D eigenvalue weighted by Crippen LogP contribution is -2.33. The first-order valence-electron chi connectivity index (χ1n) is 4.46. The van der Waals surface area contributed by atoms with E-state index in [4.69, 9.17) is 10.8 Å². The van der Waals surface area contributed by atoms with Crippen LogP contribution in [-0.4, -0.2) is 22.9 Å². The molecule has 0 saturated carbocycles. The number of rotatable bonds is 6. The maximum absolute atomic E-state index is 11.2. The lowest BCUT2D eigenvalue weighted by molar-refractivity contribution is -0.137. The summed E-state index contributed by atoms with van der Waals surface area (Å²) in [5.41, 5.74) is 5.56. The van der Waals surface area contributed by atoms with Gasteiger partial charge in [0.25, 0.3) is 0 Å². The largest absolute Gasteiger partial charge is 0.481 e. The Morgan fingerprint density at radius 1 is 1.38 bits per heavy atom. The fraction of sp³-hybridized carbons (Fsp3) is 0.778. The summed E-state index contributed by atoms with van der Waals surface area (Å²) in [6.45, 7) is 3.58. The van der Waals surface area contributed by atoms with E-state index in [2.05, 4.69) is 0 Å². The summed E-state index contributed by atoms with van der Waals surface area (Å²) < 4.78 is 0. The molecule has 0 aromatic carbocycles. The van der Waals surface area contributed by atoms with Crippen molar-refractivity contribution in [2.45, 2.75) is 39.2 Å². The van der Waals surface area contributed by atoms with Crippen molar-refractivity contribution in [1.82, 2.24) is 0 Å². The molecule has 0 spiro atoms. The molecule has 4 heteroatoms. The number of aliphatic carboxylic acids is 1. The Morgan fingerprint density at radius 3 is 2.31 bits per heavy atom. The number of ketones is 1. The highest BCUT2D eigenvalue weighted by Crippen LogP contribution is 2.05. The Balaban J connectivity index is 3.68. The normalized spacial score (nSPS) is 12.9. The predicted octanol–water partition coefficient (Wildman–Crippen LogP) is 0.794. The van der Waals surface area contributed by atoms with E-state index in [1.54, 1.807) is 13.8 Å². The molecule has 0 rings (SSSR count). The first-order chi connectivity index (χ1) is 5.95. The van der Waals surface area contributed by atoms with Gasteiger partial charge in [-0.3, -0.25) is 9.59 Å². The number of carboxylic acid groups (broad SMARTS) is 1. The Labute approximate surface area is 78.1 Å². The second-order valence-corrected chi connectivity index (χ2v) is 3.45. The van der Waals surface area contributed by atoms with Gasteiger partial charge in [0, 0.05) is 12.3 Å². The van der Waals surface area contributed by atoms with Gasteiger partial charge < -0.3 is 10.8 Å². The molecule has 0 aliphatic rings. The summed E-state index contributed by atoms with van der Waals surface area (Å²) in [5, 5.41) is 8.35. The Hall–Kier alpha value is -0.900. The van der Waals surface area contributed by atoms with Gasteiger partial charge in [0.2, 0.25) is 0 Å². The standard InChI is InChI=1S/C9H17NO3/c1-6(2)9(13)7(10)4-3-5-8(11)12/h6-7H,3-5,10H2,1-2H3,(H,11,12)/t7-/m1/s1. The first-order valence-corrected chi connectivity index (χ1v) is 4.46. The molecular weight excluding hydrogens is 170 g/mol. The first kappa shape index (κ1) is 12.1. The van der Waals surface area contributed by atoms with Crippen LogP contribution in [0.4, 0.5) is 0 Å². The van der Waals surface area contributed by atoms with Crippen molar-refractivity contribution < 1.29 is 14.7 Å². The zero-order chi connectivity index (χ0) is 10.4. The fourth-order valence-corrected chi connectivity index (χ4v) is 1.04. The highest BCUT2D eigenvalue weighted by molar-refractivity contribution is 5.85. The van der Waals surface area contributed by atoms with E-state index in [1.807, 2.05) is 0 Å². The number of Topliss-reactive ketones (excluding diaryl/α,β-unsaturated/α-hetero) is 1. The van der Waals surface area contributed by atoms with Gasteiger partial charge in [-0.25, -0.2) is 0 Å². The van der Waals surface area contributed by atoms with Gasteiger partial charge in [0.05, 0.1) is 6.04 Å². The zero-order valence-corrected chi connectivity index (χ0v) is 8.12. The number of nitrogens with two attached hydrogens (primary N) is 1. The van der Waals surface area contributed by atoms with E-state index in [-0.39, 0.29) is 18.1 Å². The molecule has 0 aliphatic heterocycles. The van der Waals surface area contributed by atoms with Crippen LogP contribution in [-0.2, 0) is 9.59 Å². The molecule has 1 atom stereocenters. The number of carbonyl (C=O) groups excluding carboxylic acids is 1. The summed E-state index contributed by atoms with van der Waals surface area (Å²) in [4.78, 5) is 21.4. The van der Waals surface area contributed by atoms with Crippen molar-refractivity contribution >= 4 is 11.8 Å². The monoisotopic (exact) mass is 187 g/mol. The van der Waals surface area contributed by atoms with Crippen LogP contribution < -0.4 is 5.73 Å². The molecule has 3 N–H and O–H groups in total. The molecule has 0 bridgehead atoms. The third-order valence-electron chi connectivity index (χ3n) is 1.84. The molecule has 0 fully saturated rings. The van der Waals surface area contributed by atoms with Gasteiger partial charge in [-0.15, -0.1) is 0 Å². The van der Waals surface area contributed by atoms with E-state index in [9.17, 15) is 9.59 Å². The van der Waals surface area contributed by atoms with Crippen molar-refractivity contribution in [2.75, 3.05) is 0 Å². The molecule has 76 valence electrons. The van der Waals surface area contributed by atoms with Crippen molar-refractivity contribution in [3.05, 3.63) is 0 Å². The average Bonchev–Trinajstić information content (AvgIpc) is 2.02. The average molecular weight is 187 g/mol. The fourth-order valence-electron chi connectivity index (χ4n) is 1.04. The molecule has 4 nitrogen and oxygen atoms in total. The van der Waals surface area contributed by atoms with Crippen LogP contribution in [0, 0.1) is 5.92 Å². The van der Waals surface area contributed by atoms with Crippen LogP contribution in [0.25, 0.3) is 0 Å². The van der Waals surface area contributed by atoms with Crippen molar-refractivity contribution in [3.8, 4) is 0 Å². The van der Waals surface area contributed by atoms with Crippen molar-refractivity contribution in [2.24, 2.45) is 11.7 Å². The predicted molar refractivity (Wildman–Crippen MR) is 49.3 cm³/mol. The number of carboxylic acids is 1. The minimum absolute atomic E-state index is 0.00499. The highest BCUT2D eigenvalue weighted by atomic mass is 16.4. The summed E-state index contributed by atoms with van der Waals surface area (Å²) >= 11 is 0. The van der Waals surface area contributed by atoms with Gasteiger partial charge in [0.1, 0.15) is 0 Å². The smallest absolute Gasteiger partial charge is 0.303 e. The molecule has 0 saturated heterocycles. The second kappa shape index (κ2) is 5.70. The third-order valence-corrected chi connectivity index (χ3v) is 1.84. The van der Waals surface area contributed by atoms with E-state index in [0.29, 0.717) is 12.8 Å². The Morgan fingerprint density at radius 2 is 1.92 bits per heavy atom. The van der Waals surface area contributed by atoms with Gasteiger partial charge in [-0.2, -0.15) is 0 Å². The SMILES string of the molecule is CC(C)C(=O)[C@H](N)CCCC(=O)O. The molecule has 0 radical (unpaired) electrons. The van der Waals surface area contributed by atoms with Crippen LogP contribution in [0.15, 0.2) is 0 Å². The number of hydrogen-bond acceptors (Lipinski definition) is 3. The summed E-state index contributed by atoms with van der Waals surface area (Å²) in [6, 6.07) is -0.501. The summed E-state index contributed by atoms with van der Waals surface area (Å²) in [5.74, 6) is -0.908. The number of hydrogen-bond donors (Lipinski definition) is 2. The van der Waals surface area contributed by atoms with Crippen LogP contribution in [0.2, 0.25) is 0 Å². The highest BCUT2D eigenvalue weighted by Gasteiger charge is 2.16. The molecular formula is C9H17NO3. The lowest BCUT2D eigenvalue weighted by Gasteiger charge is -2.11. The zero-order valence-electron chi connectivity index (χ0n) is 8.12. The van der Waals surface area contributed by atoms with Crippen LogP contribution in [0.1, 0.15) is 33.1 Å². The minimum Gasteiger partial charge on any atom is -0.481 e. The maximum atomic E-state index is 11.2. The molecule has 13 heavy (non-hydrogen) atoms. The van der Waals surface area contributed by atoms with Gasteiger partial charge >= 0.3 is 5.97 Å². The molecule has 0 aliphatic carbocycles. The van der Waals surface area contributed by atoms with E-state index < -0.39 is 12.0 Å². The van der Waals surface area contributed by atoms with E-state index in [0.717, 1.165) is 0 Å². The van der Waals surface area contributed by atoms with Crippen LogP contribution in [0.5, 0.6) is 0 Å². The van der Waals surface area contributed by atoms with Crippen LogP contribution >= 0.6 is 0 Å². The van der Waals surface area contributed by atoms with Crippen LogP contribution in [0.3, 0.4) is 0 Å². The Bertz CT molecular complexity index is 189. The lowest BCUT2D eigenvalue weighted by atomic mass is 9.98. The quantitative estimate of drug-likeness (QED) is 0.644. The number of carbonyl (C=O) groups is 2. The van der Waals surface area contributed by atoms with Crippen molar-refractivity contribution in [1.29, 1.82) is 0 Å².